The van der Waals surface area contributed by atoms with E-state index in [-0.39, 0.29) is 63.9 Å². The van der Waals surface area contributed by atoms with Crippen LogP contribution >= 0.6 is 0 Å². The molecule has 0 saturated heterocycles. The average molecular weight is 409 g/mol. The molecule has 0 aliphatic heterocycles. The molecule has 0 spiro atoms. The summed E-state index contributed by atoms with van der Waals surface area (Å²) in [5, 5.41) is 12.2. The van der Waals surface area contributed by atoms with Gasteiger partial charge < -0.3 is 5.11 Å². The Hall–Kier alpha value is -1.65. The molecule has 0 amide bonds. The molecule has 4 aromatic rings. The third kappa shape index (κ3) is 4.18. The minimum absolute atomic E-state index is 0. The van der Waals surface area contributed by atoms with Gasteiger partial charge in [-0.05, 0) is 52.1 Å². The molecule has 0 fully saturated rings. The molecule has 0 bridgehead atoms. The molecule has 4 rings (SSSR count). The van der Waals surface area contributed by atoms with Crippen molar-refractivity contribution >= 4 is 0 Å². The molecule has 0 unspecified atom stereocenters. The zero-order valence-corrected chi connectivity index (χ0v) is 19.4. The number of hydrogen-bond acceptors (Lipinski definition) is 3. The van der Waals surface area contributed by atoms with Gasteiger partial charge in [0.25, 0.3) is 0 Å². The van der Waals surface area contributed by atoms with Crippen LogP contribution in [0.25, 0.3) is 33.5 Å². The largest absolute Gasteiger partial charge is 1.00 e. The summed E-state index contributed by atoms with van der Waals surface area (Å²) >= 11 is 0. The second kappa shape index (κ2) is 8.82. The van der Waals surface area contributed by atoms with Crippen molar-refractivity contribution < 1.29 is 63.3 Å². The Kier molecular flexibility index (Phi) is 6.49. The summed E-state index contributed by atoms with van der Waals surface area (Å²) in [6.07, 6.45) is 5.31. The Balaban J connectivity index is 0.00000196. The van der Waals surface area contributed by atoms with E-state index in [0.717, 1.165) is 22.3 Å². The average Bonchev–Trinajstić information content (AvgIpc) is 2.70. The first-order chi connectivity index (χ1) is 12.3. The van der Waals surface area contributed by atoms with E-state index in [2.05, 4.69) is 34.2 Å². The second-order valence-corrected chi connectivity index (χ2v) is 5.74. The van der Waals surface area contributed by atoms with E-state index in [1.807, 2.05) is 48.7 Å². The normalized spacial score (nSPS) is 10.2. The van der Waals surface area contributed by atoms with Gasteiger partial charge in [-0.2, -0.15) is 0 Å². The summed E-state index contributed by atoms with van der Waals surface area (Å²) < 4.78 is 0. The standard InChI is InChI=1S/C22H16N2O.Rb/c25-22-11-10-18(14-20(22)21-5-1-2-13-24-21)16-6-8-17(9-7-16)19-4-3-12-23-15-19;/h1-15,25H;/q;+1/p-1. The second-order valence-electron chi connectivity index (χ2n) is 5.74. The number of aromatic nitrogens is 2. The maximum atomic E-state index is 12.2. The first kappa shape index (κ1) is 19.1. The van der Waals surface area contributed by atoms with Crippen molar-refractivity contribution in [3.63, 3.8) is 0 Å². The number of pyridine rings is 2. The van der Waals surface area contributed by atoms with Crippen molar-refractivity contribution in [1.29, 1.82) is 0 Å². The number of nitrogens with zero attached hydrogens (tertiary/aromatic N) is 2. The van der Waals surface area contributed by atoms with Crippen LogP contribution in [0.3, 0.4) is 0 Å². The number of rotatable bonds is 3. The summed E-state index contributed by atoms with van der Waals surface area (Å²) in [6, 6.07) is 23.2. The quantitative estimate of drug-likeness (QED) is 0.517. The van der Waals surface area contributed by atoms with Gasteiger partial charge in [-0.3, -0.25) is 9.97 Å². The van der Waals surface area contributed by atoms with E-state index < -0.39 is 0 Å². The van der Waals surface area contributed by atoms with Crippen LogP contribution in [0.15, 0.2) is 91.4 Å². The summed E-state index contributed by atoms with van der Waals surface area (Å²) in [5.41, 5.74) is 5.57. The maximum absolute atomic E-state index is 12.2. The molecule has 0 saturated carbocycles. The smallest absolute Gasteiger partial charge is 0.872 e. The molecule has 2 aromatic heterocycles. The topological polar surface area (TPSA) is 48.8 Å². The zero-order chi connectivity index (χ0) is 17.1. The summed E-state index contributed by atoms with van der Waals surface area (Å²) in [5.74, 6) is -0.0190. The third-order valence-corrected chi connectivity index (χ3v) is 4.13. The molecule has 2 heterocycles. The minimum Gasteiger partial charge on any atom is -0.872 e. The van der Waals surface area contributed by atoms with E-state index in [0.29, 0.717) is 11.3 Å². The van der Waals surface area contributed by atoms with Crippen molar-refractivity contribution in [1.82, 2.24) is 9.97 Å². The van der Waals surface area contributed by atoms with Crippen LogP contribution in [0, 0.1) is 0 Å². The van der Waals surface area contributed by atoms with Gasteiger partial charge in [0.1, 0.15) is 0 Å². The molecule has 0 radical (unpaired) electrons. The van der Waals surface area contributed by atoms with Crippen LogP contribution in [0.5, 0.6) is 5.75 Å². The fourth-order valence-electron chi connectivity index (χ4n) is 2.82. The van der Waals surface area contributed by atoms with Gasteiger partial charge in [-0.1, -0.05) is 54.3 Å². The Morgan fingerprint density at radius 1 is 0.654 bits per heavy atom. The molecule has 0 aliphatic carbocycles. The van der Waals surface area contributed by atoms with Gasteiger partial charge in [0.2, 0.25) is 0 Å². The molecule has 0 aliphatic rings. The maximum Gasteiger partial charge on any atom is 1.00 e. The van der Waals surface area contributed by atoms with Gasteiger partial charge in [0.15, 0.2) is 0 Å². The van der Waals surface area contributed by atoms with Crippen molar-refractivity contribution in [3.05, 3.63) is 91.4 Å². The predicted molar refractivity (Wildman–Crippen MR) is 97.8 cm³/mol. The molecule has 4 heteroatoms. The fourth-order valence-corrected chi connectivity index (χ4v) is 2.82. The number of benzene rings is 2. The van der Waals surface area contributed by atoms with Crippen LogP contribution in [0.4, 0.5) is 0 Å². The molecule has 2 aromatic carbocycles. The molecule has 26 heavy (non-hydrogen) atoms. The van der Waals surface area contributed by atoms with Gasteiger partial charge in [-0.15, -0.1) is 0 Å². The van der Waals surface area contributed by atoms with E-state index in [1.165, 1.54) is 0 Å². The Bertz CT molecular complexity index is 988. The molecule has 0 atom stereocenters. The van der Waals surface area contributed by atoms with E-state index in [9.17, 15) is 5.11 Å². The molecule has 0 N–H and O–H groups in total. The van der Waals surface area contributed by atoms with E-state index in [1.54, 1.807) is 18.5 Å². The molecule has 3 nitrogen and oxygen atoms in total. The Morgan fingerprint density at radius 2 is 1.38 bits per heavy atom. The third-order valence-electron chi connectivity index (χ3n) is 4.13. The first-order valence-electron chi connectivity index (χ1n) is 8.04. The van der Waals surface area contributed by atoms with Crippen molar-refractivity contribution in [2.24, 2.45) is 0 Å². The predicted octanol–water partition coefficient (Wildman–Crippen LogP) is 1.56. The van der Waals surface area contributed by atoms with Crippen molar-refractivity contribution in [3.8, 4) is 39.3 Å². The summed E-state index contributed by atoms with van der Waals surface area (Å²) in [6.45, 7) is 0. The molecule has 120 valence electrons. The van der Waals surface area contributed by atoms with Crippen LogP contribution in [-0.2, 0) is 0 Å². The Morgan fingerprint density at radius 3 is 2.04 bits per heavy atom. The summed E-state index contributed by atoms with van der Waals surface area (Å²) in [7, 11) is 0. The van der Waals surface area contributed by atoms with Gasteiger partial charge in [0.05, 0.1) is 5.69 Å². The van der Waals surface area contributed by atoms with Crippen molar-refractivity contribution in [2.45, 2.75) is 0 Å². The van der Waals surface area contributed by atoms with Crippen LogP contribution in [0.1, 0.15) is 0 Å². The van der Waals surface area contributed by atoms with Gasteiger partial charge >= 0.3 is 58.2 Å². The van der Waals surface area contributed by atoms with Crippen LogP contribution < -0.4 is 63.3 Å². The zero-order valence-electron chi connectivity index (χ0n) is 14.5. The Labute approximate surface area is 201 Å². The minimum atomic E-state index is -0.0190. The van der Waals surface area contributed by atoms with E-state index in [4.69, 9.17) is 0 Å². The van der Waals surface area contributed by atoms with Gasteiger partial charge in [-0.25, -0.2) is 0 Å². The van der Waals surface area contributed by atoms with Crippen LogP contribution in [-0.4, -0.2) is 9.97 Å². The molecular formula is C22H15N2ORb. The monoisotopic (exact) mass is 408 g/mol. The fraction of sp³-hybridized carbons (Fsp3) is 0. The van der Waals surface area contributed by atoms with E-state index >= 15 is 0 Å². The molecular weight excluding hydrogens is 394 g/mol. The first-order valence-corrected chi connectivity index (χ1v) is 8.04. The summed E-state index contributed by atoms with van der Waals surface area (Å²) in [4.78, 5) is 8.45. The van der Waals surface area contributed by atoms with Gasteiger partial charge in [0, 0.05) is 18.6 Å². The number of hydrogen-bond donors (Lipinski definition) is 0. The van der Waals surface area contributed by atoms with Crippen LogP contribution in [0.2, 0.25) is 0 Å². The van der Waals surface area contributed by atoms with Crippen molar-refractivity contribution in [2.75, 3.05) is 0 Å². The SMILES string of the molecule is [O-]c1ccc(-c2ccc(-c3cccnc3)cc2)cc1-c1ccccn1.[Rb+].